The van der Waals surface area contributed by atoms with Crippen LogP contribution in [0.25, 0.3) is 11.0 Å². The van der Waals surface area contributed by atoms with Crippen molar-refractivity contribution < 1.29 is 9.15 Å². The summed E-state index contributed by atoms with van der Waals surface area (Å²) in [5.41, 5.74) is 2.17. The highest BCUT2D eigenvalue weighted by molar-refractivity contribution is 5.82. The number of furan rings is 1. The van der Waals surface area contributed by atoms with E-state index in [0.29, 0.717) is 12.7 Å². The van der Waals surface area contributed by atoms with Gasteiger partial charge in [-0.3, -0.25) is 0 Å². The summed E-state index contributed by atoms with van der Waals surface area (Å²) in [5.74, 6) is 1.02. The number of para-hydroxylation sites is 1. The molecule has 1 aliphatic carbocycles. The molecule has 1 N–H and O–H groups in total. The molecule has 1 saturated carbocycles. The molecule has 19 heavy (non-hydrogen) atoms. The van der Waals surface area contributed by atoms with Crippen molar-refractivity contribution in [1.82, 2.24) is 5.32 Å². The molecule has 0 bridgehead atoms. The molecule has 2 aromatic rings. The molecule has 1 aromatic heterocycles. The number of ether oxygens (including phenoxy) is 1. The van der Waals surface area contributed by atoms with Crippen LogP contribution >= 0.6 is 0 Å². The molecule has 3 heteroatoms. The van der Waals surface area contributed by atoms with Gasteiger partial charge in [0.05, 0.1) is 19.3 Å². The van der Waals surface area contributed by atoms with E-state index < -0.39 is 0 Å². The van der Waals surface area contributed by atoms with Crippen LogP contribution in [-0.4, -0.2) is 12.6 Å². The van der Waals surface area contributed by atoms with Gasteiger partial charge in [-0.1, -0.05) is 25.1 Å². The number of fused-ring (bicyclic) bond motifs is 1. The molecule has 3 nitrogen and oxygen atoms in total. The fourth-order valence-corrected chi connectivity index (χ4v) is 2.43. The van der Waals surface area contributed by atoms with Crippen molar-refractivity contribution in [2.75, 3.05) is 6.54 Å². The summed E-state index contributed by atoms with van der Waals surface area (Å²) in [4.78, 5) is 0. The van der Waals surface area contributed by atoms with Gasteiger partial charge in [0, 0.05) is 10.9 Å². The minimum Gasteiger partial charge on any atom is -0.459 e. The van der Waals surface area contributed by atoms with Gasteiger partial charge in [-0.15, -0.1) is 0 Å². The SMILES string of the molecule is CCNCc1oc2ccccc2c1COC1CCC1. The molecule has 1 heterocycles. The molecule has 0 aliphatic heterocycles. The van der Waals surface area contributed by atoms with Crippen LogP contribution < -0.4 is 5.32 Å². The minimum atomic E-state index is 0.459. The molecule has 0 radical (unpaired) electrons. The van der Waals surface area contributed by atoms with Crippen LogP contribution in [0, 0.1) is 0 Å². The first-order valence-electron chi connectivity index (χ1n) is 7.20. The molecular formula is C16H21NO2. The zero-order valence-electron chi connectivity index (χ0n) is 11.4. The molecule has 0 amide bonds. The average Bonchev–Trinajstić information content (AvgIpc) is 2.73. The second kappa shape index (κ2) is 5.76. The van der Waals surface area contributed by atoms with Gasteiger partial charge in [-0.2, -0.15) is 0 Å². The van der Waals surface area contributed by atoms with Crippen LogP contribution in [0.15, 0.2) is 28.7 Å². The summed E-state index contributed by atoms with van der Waals surface area (Å²) in [6, 6.07) is 8.21. The van der Waals surface area contributed by atoms with E-state index in [4.69, 9.17) is 9.15 Å². The number of nitrogens with one attached hydrogen (secondary N) is 1. The molecular weight excluding hydrogens is 238 g/mol. The minimum absolute atomic E-state index is 0.459. The number of rotatable bonds is 6. The zero-order chi connectivity index (χ0) is 13.1. The van der Waals surface area contributed by atoms with Gasteiger partial charge in [0.15, 0.2) is 0 Å². The number of hydrogen-bond acceptors (Lipinski definition) is 3. The molecule has 1 aliphatic rings. The van der Waals surface area contributed by atoms with Gasteiger partial charge in [0.1, 0.15) is 11.3 Å². The van der Waals surface area contributed by atoms with Crippen molar-refractivity contribution in [2.24, 2.45) is 0 Å². The highest BCUT2D eigenvalue weighted by Gasteiger charge is 2.20. The van der Waals surface area contributed by atoms with E-state index in [0.717, 1.165) is 24.4 Å². The van der Waals surface area contributed by atoms with Gasteiger partial charge >= 0.3 is 0 Å². The first-order valence-corrected chi connectivity index (χ1v) is 7.20. The van der Waals surface area contributed by atoms with Crippen molar-refractivity contribution in [2.45, 2.75) is 45.4 Å². The Morgan fingerprint density at radius 1 is 1.32 bits per heavy atom. The van der Waals surface area contributed by atoms with Crippen molar-refractivity contribution in [3.63, 3.8) is 0 Å². The summed E-state index contributed by atoms with van der Waals surface area (Å²) < 4.78 is 11.9. The molecule has 1 fully saturated rings. The summed E-state index contributed by atoms with van der Waals surface area (Å²) in [5, 5.41) is 4.52. The van der Waals surface area contributed by atoms with Gasteiger partial charge < -0.3 is 14.5 Å². The largest absolute Gasteiger partial charge is 0.459 e. The van der Waals surface area contributed by atoms with Crippen LogP contribution in [0.5, 0.6) is 0 Å². The Kier molecular flexibility index (Phi) is 3.85. The zero-order valence-corrected chi connectivity index (χ0v) is 11.4. The Bertz CT molecular complexity index is 543. The van der Waals surface area contributed by atoms with E-state index in [9.17, 15) is 0 Å². The summed E-state index contributed by atoms with van der Waals surface area (Å²) in [7, 11) is 0. The van der Waals surface area contributed by atoms with E-state index in [1.807, 2.05) is 12.1 Å². The summed E-state index contributed by atoms with van der Waals surface area (Å²) in [6.07, 6.45) is 4.18. The maximum atomic E-state index is 5.96. The lowest BCUT2D eigenvalue weighted by atomic mass is 9.96. The van der Waals surface area contributed by atoms with Gasteiger partial charge in [0.2, 0.25) is 0 Å². The molecule has 102 valence electrons. The Hall–Kier alpha value is -1.32. The highest BCUT2D eigenvalue weighted by Crippen LogP contribution is 2.29. The maximum Gasteiger partial charge on any atom is 0.134 e. The highest BCUT2D eigenvalue weighted by atomic mass is 16.5. The normalized spacial score (nSPS) is 15.8. The van der Waals surface area contributed by atoms with Crippen LogP contribution in [-0.2, 0) is 17.9 Å². The van der Waals surface area contributed by atoms with Gasteiger partial charge in [-0.25, -0.2) is 0 Å². The second-order valence-corrected chi connectivity index (χ2v) is 5.14. The van der Waals surface area contributed by atoms with E-state index in [2.05, 4.69) is 24.4 Å². The van der Waals surface area contributed by atoms with Crippen molar-refractivity contribution in [1.29, 1.82) is 0 Å². The van der Waals surface area contributed by atoms with E-state index in [1.165, 1.54) is 30.2 Å². The lowest BCUT2D eigenvalue weighted by Gasteiger charge is -2.25. The quantitative estimate of drug-likeness (QED) is 0.860. The van der Waals surface area contributed by atoms with Crippen LogP contribution in [0.2, 0.25) is 0 Å². The topological polar surface area (TPSA) is 34.4 Å². The summed E-state index contributed by atoms with van der Waals surface area (Å²) >= 11 is 0. The average molecular weight is 259 g/mol. The van der Waals surface area contributed by atoms with Gasteiger partial charge in [0.25, 0.3) is 0 Å². The lowest BCUT2D eigenvalue weighted by Crippen LogP contribution is -2.21. The van der Waals surface area contributed by atoms with Crippen molar-refractivity contribution in [3.05, 3.63) is 35.6 Å². The van der Waals surface area contributed by atoms with Crippen LogP contribution in [0.3, 0.4) is 0 Å². The molecule has 1 aromatic carbocycles. The predicted octanol–water partition coefficient (Wildman–Crippen LogP) is 3.61. The smallest absolute Gasteiger partial charge is 0.134 e. The van der Waals surface area contributed by atoms with E-state index in [-0.39, 0.29) is 0 Å². The Morgan fingerprint density at radius 3 is 2.89 bits per heavy atom. The molecule has 0 saturated heterocycles. The first-order chi connectivity index (χ1) is 9.38. The monoisotopic (exact) mass is 259 g/mol. The molecule has 3 rings (SSSR count). The van der Waals surface area contributed by atoms with Gasteiger partial charge in [-0.05, 0) is 31.9 Å². The molecule has 0 spiro atoms. The Morgan fingerprint density at radius 2 is 2.16 bits per heavy atom. The maximum absolute atomic E-state index is 5.96. The number of benzene rings is 1. The van der Waals surface area contributed by atoms with Crippen molar-refractivity contribution in [3.8, 4) is 0 Å². The van der Waals surface area contributed by atoms with E-state index >= 15 is 0 Å². The molecule has 0 atom stereocenters. The van der Waals surface area contributed by atoms with Crippen LogP contribution in [0.1, 0.15) is 37.5 Å². The first kappa shape index (κ1) is 12.7. The van der Waals surface area contributed by atoms with E-state index in [1.54, 1.807) is 0 Å². The summed E-state index contributed by atoms with van der Waals surface area (Å²) in [6.45, 7) is 4.49. The third-order valence-electron chi connectivity index (χ3n) is 3.83. The van der Waals surface area contributed by atoms with Crippen LogP contribution in [0.4, 0.5) is 0 Å². The Labute approximate surface area is 113 Å². The fraction of sp³-hybridized carbons (Fsp3) is 0.500. The second-order valence-electron chi connectivity index (χ2n) is 5.14. The lowest BCUT2D eigenvalue weighted by molar-refractivity contribution is -0.00881. The number of hydrogen-bond donors (Lipinski definition) is 1. The third kappa shape index (κ3) is 2.67. The molecule has 0 unspecified atom stereocenters. The van der Waals surface area contributed by atoms with Crippen molar-refractivity contribution >= 4 is 11.0 Å². The standard InChI is InChI=1S/C16H21NO2/c1-2-17-10-16-14(11-18-12-6-5-7-12)13-8-3-4-9-15(13)19-16/h3-4,8-9,12,17H,2,5-7,10-11H2,1H3. The third-order valence-corrected chi connectivity index (χ3v) is 3.83. The Balaban J connectivity index is 1.83. The fourth-order valence-electron chi connectivity index (χ4n) is 2.43. The predicted molar refractivity (Wildman–Crippen MR) is 76.0 cm³/mol.